The van der Waals surface area contributed by atoms with Crippen LogP contribution in [0.5, 0.6) is 0 Å². The number of hydrogen-bond donors (Lipinski definition) is 1. The molecule has 0 amide bonds. The molecule has 74 valence electrons. The average molecular weight is 192 g/mol. The highest BCUT2D eigenvalue weighted by Gasteiger charge is 2.06. The molecule has 2 nitrogen and oxygen atoms in total. The number of halogens is 1. The van der Waals surface area contributed by atoms with Gasteiger partial charge < -0.3 is 5.32 Å². The highest BCUT2D eigenvalue weighted by Crippen LogP contribution is 2.15. The third kappa shape index (κ3) is 2.10. The molecule has 0 radical (unpaired) electrons. The van der Waals surface area contributed by atoms with Crippen molar-refractivity contribution < 1.29 is 4.39 Å². The molecule has 1 aliphatic rings. The zero-order valence-corrected chi connectivity index (χ0v) is 8.18. The lowest BCUT2D eigenvalue weighted by molar-refractivity contribution is 0.627. The number of benzene rings is 1. The fourth-order valence-corrected chi connectivity index (χ4v) is 1.62. The smallest absolute Gasteiger partial charge is 0.125 e. The fourth-order valence-electron chi connectivity index (χ4n) is 1.62. The van der Waals surface area contributed by atoms with Crippen molar-refractivity contribution in [1.82, 2.24) is 0 Å². The SMILES string of the molecule is Cc1cc(F)cc(NC2=NCCC2)c1. The zero-order valence-electron chi connectivity index (χ0n) is 8.18. The van der Waals surface area contributed by atoms with Crippen molar-refractivity contribution in [2.24, 2.45) is 4.99 Å². The van der Waals surface area contributed by atoms with Crippen molar-refractivity contribution >= 4 is 11.5 Å². The van der Waals surface area contributed by atoms with Gasteiger partial charge in [0.25, 0.3) is 0 Å². The van der Waals surface area contributed by atoms with E-state index < -0.39 is 0 Å². The van der Waals surface area contributed by atoms with Crippen LogP contribution in [0.25, 0.3) is 0 Å². The minimum atomic E-state index is -0.203. The third-order valence-electron chi connectivity index (χ3n) is 2.21. The van der Waals surface area contributed by atoms with Crippen molar-refractivity contribution in [2.75, 3.05) is 11.9 Å². The normalized spacial score (nSPS) is 15.4. The van der Waals surface area contributed by atoms with Gasteiger partial charge >= 0.3 is 0 Å². The van der Waals surface area contributed by atoms with Crippen molar-refractivity contribution in [3.05, 3.63) is 29.6 Å². The summed E-state index contributed by atoms with van der Waals surface area (Å²) in [7, 11) is 0. The van der Waals surface area contributed by atoms with Crippen molar-refractivity contribution in [3.63, 3.8) is 0 Å². The summed E-state index contributed by atoms with van der Waals surface area (Å²) in [5.74, 6) is 0.765. The Morgan fingerprint density at radius 1 is 1.36 bits per heavy atom. The van der Waals surface area contributed by atoms with E-state index in [0.717, 1.165) is 36.5 Å². The van der Waals surface area contributed by atoms with Crippen LogP contribution >= 0.6 is 0 Å². The molecule has 1 heterocycles. The van der Waals surface area contributed by atoms with Gasteiger partial charge in [0.1, 0.15) is 11.7 Å². The van der Waals surface area contributed by atoms with Gasteiger partial charge in [-0.3, -0.25) is 4.99 Å². The summed E-state index contributed by atoms with van der Waals surface area (Å²) >= 11 is 0. The monoisotopic (exact) mass is 192 g/mol. The Bertz CT molecular complexity index is 351. The largest absolute Gasteiger partial charge is 0.344 e. The quantitative estimate of drug-likeness (QED) is 0.727. The first-order chi connectivity index (χ1) is 6.74. The summed E-state index contributed by atoms with van der Waals surface area (Å²) in [5, 5.41) is 3.13. The number of hydrogen-bond acceptors (Lipinski definition) is 2. The van der Waals surface area contributed by atoms with E-state index in [1.54, 1.807) is 0 Å². The maximum atomic E-state index is 13.0. The highest BCUT2D eigenvalue weighted by atomic mass is 19.1. The lowest BCUT2D eigenvalue weighted by atomic mass is 10.2. The van der Waals surface area contributed by atoms with E-state index in [9.17, 15) is 4.39 Å². The van der Waals surface area contributed by atoms with Gasteiger partial charge in [-0.25, -0.2) is 4.39 Å². The molecule has 1 aromatic rings. The molecule has 0 aliphatic carbocycles. The first-order valence-corrected chi connectivity index (χ1v) is 4.81. The Morgan fingerprint density at radius 3 is 2.86 bits per heavy atom. The van der Waals surface area contributed by atoms with Crippen LogP contribution in [0.2, 0.25) is 0 Å². The second kappa shape index (κ2) is 3.78. The number of anilines is 1. The molecule has 0 unspecified atom stereocenters. The predicted octanol–water partition coefficient (Wildman–Crippen LogP) is 2.74. The summed E-state index contributed by atoms with van der Waals surface area (Å²) in [4.78, 5) is 4.27. The lowest BCUT2D eigenvalue weighted by Crippen LogP contribution is -2.08. The van der Waals surface area contributed by atoms with Crippen molar-refractivity contribution in [3.8, 4) is 0 Å². The van der Waals surface area contributed by atoms with Gasteiger partial charge in [0, 0.05) is 18.7 Å². The highest BCUT2D eigenvalue weighted by molar-refractivity contribution is 5.96. The van der Waals surface area contributed by atoms with E-state index in [1.807, 2.05) is 13.0 Å². The van der Waals surface area contributed by atoms with Crippen LogP contribution in [0.1, 0.15) is 18.4 Å². The summed E-state index contributed by atoms with van der Waals surface area (Å²) in [6.07, 6.45) is 2.06. The maximum absolute atomic E-state index is 13.0. The van der Waals surface area contributed by atoms with Crippen LogP contribution in [0.15, 0.2) is 23.2 Å². The fraction of sp³-hybridized carbons (Fsp3) is 0.364. The van der Waals surface area contributed by atoms with Crippen molar-refractivity contribution in [1.29, 1.82) is 0 Å². The molecule has 3 heteroatoms. The van der Waals surface area contributed by atoms with Gasteiger partial charge in [-0.05, 0) is 37.1 Å². The van der Waals surface area contributed by atoms with E-state index in [1.165, 1.54) is 12.1 Å². The number of aliphatic imine (C=N–C) groups is 1. The molecule has 0 spiro atoms. The number of nitrogens with zero attached hydrogens (tertiary/aromatic N) is 1. The second-order valence-electron chi connectivity index (χ2n) is 3.57. The van der Waals surface area contributed by atoms with Gasteiger partial charge in [-0.15, -0.1) is 0 Å². The molecule has 2 rings (SSSR count). The number of amidine groups is 1. The second-order valence-corrected chi connectivity index (χ2v) is 3.57. The molecule has 1 aliphatic heterocycles. The van der Waals surface area contributed by atoms with E-state index in [0.29, 0.717) is 0 Å². The maximum Gasteiger partial charge on any atom is 0.125 e. The first kappa shape index (κ1) is 9.19. The zero-order chi connectivity index (χ0) is 9.97. The summed E-state index contributed by atoms with van der Waals surface area (Å²) < 4.78 is 13.0. The number of aryl methyl sites for hydroxylation is 1. The Kier molecular flexibility index (Phi) is 2.48. The molecular formula is C11H13FN2. The minimum Gasteiger partial charge on any atom is -0.344 e. The van der Waals surface area contributed by atoms with Crippen LogP contribution in [0.4, 0.5) is 10.1 Å². The summed E-state index contributed by atoms with van der Waals surface area (Å²) in [5.41, 5.74) is 1.72. The standard InChI is InChI=1S/C11H13FN2/c1-8-5-9(12)7-10(6-8)14-11-3-2-4-13-11/h5-7H,2-4H2,1H3,(H,13,14). The van der Waals surface area contributed by atoms with Gasteiger partial charge in [0.2, 0.25) is 0 Å². The molecule has 0 aromatic heterocycles. The Morgan fingerprint density at radius 2 is 2.21 bits per heavy atom. The molecule has 1 aromatic carbocycles. The van der Waals surface area contributed by atoms with E-state index in [-0.39, 0.29) is 5.82 Å². The van der Waals surface area contributed by atoms with Crippen LogP contribution in [-0.2, 0) is 0 Å². The number of nitrogens with one attached hydrogen (secondary N) is 1. The van der Waals surface area contributed by atoms with Gasteiger partial charge in [0.15, 0.2) is 0 Å². The molecule has 0 saturated carbocycles. The van der Waals surface area contributed by atoms with E-state index in [4.69, 9.17) is 0 Å². The minimum absolute atomic E-state index is 0.203. The van der Waals surface area contributed by atoms with Gasteiger partial charge in [-0.1, -0.05) is 0 Å². The summed E-state index contributed by atoms with van der Waals surface area (Å²) in [6.45, 7) is 2.77. The molecular weight excluding hydrogens is 179 g/mol. The van der Waals surface area contributed by atoms with Crippen LogP contribution in [0, 0.1) is 12.7 Å². The molecule has 0 bridgehead atoms. The Labute approximate surface area is 82.9 Å². The van der Waals surface area contributed by atoms with Crippen LogP contribution in [-0.4, -0.2) is 12.4 Å². The summed E-state index contributed by atoms with van der Waals surface area (Å²) in [6, 6.07) is 4.93. The molecule has 0 saturated heterocycles. The van der Waals surface area contributed by atoms with E-state index >= 15 is 0 Å². The Balaban J connectivity index is 2.15. The average Bonchev–Trinajstić information content (AvgIpc) is 2.54. The number of rotatable bonds is 1. The Hall–Kier alpha value is -1.38. The van der Waals surface area contributed by atoms with E-state index in [2.05, 4.69) is 10.3 Å². The predicted molar refractivity (Wildman–Crippen MR) is 56.3 cm³/mol. The molecule has 0 atom stereocenters. The molecule has 0 fully saturated rings. The topological polar surface area (TPSA) is 24.4 Å². The lowest BCUT2D eigenvalue weighted by Gasteiger charge is -2.06. The third-order valence-corrected chi connectivity index (χ3v) is 2.21. The molecule has 1 N–H and O–H groups in total. The van der Waals surface area contributed by atoms with Crippen LogP contribution < -0.4 is 5.32 Å². The van der Waals surface area contributed by atoms with Crippen LogP contribution in [0.3, 0.4) is 0 Å². The van der Waals surface area contributed by atoms with Crippen molar-refractivity contribution in [2.45, 2.75) is 19.8 Å². The van der Waals surface area contributed by atoms with Gasteiger partial charge in [-0.2, -0.15) is 0 Å². The first-order valence-electron chi connectivity index (χ1n) is 4.81. The van der Waals surface area contributed by atoms with Gasteiger partial charge in [0.05, 0.1) is 0 Å². The molecule has 14 heavy (non-hydrogen) atoms.